The Morgan fingerprint density at radius 3 is 2.31 bits per heavy atom. The fourth-order valence-electron chi connectivity index (χ4n) is 3.33. The Hall–Kier alpha value is -2.64. The van der Waals surface area contributed by atoms with Gasteiger partial charge in [0, 0.05) is 68.5 Å². The molecule has 0 aromatic heterocycles. The molecule has 0 spiro atoms. The lowest BCUT2D eigenvalue weighted by molar-refractivity contribution is -0.384. The SMILES string of the molecule is O=C(CCCNc1ccc([N+](=O)[O-])cc1)N1CCN(Cc2ccc(Cl)cc2)CC1. The van der Waals surface area contributed by atoms with Crippen LogP contribution >= 0.6 is 11.6 Å². The number of anilines is 1. The standard InChI is InChI=1S/C21H25ClN4O3/c22-18-5-3-17(4-6-18)16-24-12-14-25(15-13-24)21(27)2-1-11-23-19-7-9-20(10-8-19)26(28)29/h3-10,23H,1-2,11-16H2. The first-order valence-corrected chi connectivity index (χ1v) is 10.1. The predicted octanol–water partition coefficient (Wildman–Crippen LogP) is 3.78. The first-order chi connectivity index (χ1) is 14.0. The van der Waals surface area contributed by atoms with Crippen LogP contribution < -0.4 is 5.32 Å². The van der Waals surface area contributed by atoms with Gasteiger partial charge in [0.05, 0.1) is 4.92 Å². The summed E-state index contributed by atoms with van der Waals surface area (Å²) in [5.41, 5.74) is 2.12. The Labute approximate surface area is 175 Å². The van der Waals surface area contributed by atoms with E-state index in [4.69, 9.17) is 11.6 Å². The zero-order valence-corrected chi connectivity index (χ0v) is 17.0. The van der Waals surface area contributed by atoms with Crippen LogP contribution in [0.15, 0.2) is 48.5 Å². The van der Waals surface area contributed by atoms with E-state index in [-0.39, 0.29) is 11.6 Å². The highest BCUT2D eigenvalue weighted by atomic mass is 35.5. The van der Waals surface area contributed by atoms with Gasteiger partial charge in [-0.2, -0.15) is 0 Å². The summed E-state index contributed by atoms with van der Waals surface area (Å²) in [4.78, 5) is 26.9. The number of nitrogens with one attached hydrogen (secondary N) is 1. The molecule has 0 bridgehead atoms. The molecule has 1 fully saturated rings. The summed E-state index contributed by atoms with van der Waals surface area (Å²) in [5, 5.41) is 14.6. The summed E-state index contributed by atoms with van der Waals surface area (Å²) in [6.07, 6.45) is 1.22. The van der Waals surface area contributed by atoms with Crippen LogP contribution in [-0.2, 0) is 11.3 Å². The van der Waals surface area contributed by atoms with E-state index in [1.165, 1.54) is 17.7 Å². The number of amides is 1. The van der Waals surface area contributed by atoms with Crippen LogP contribution in [0.5, 0.6) is 0 Å². The summed E-state index contributed by atoms with van der Waals surface area (Å²) in [6, 6.07) is 14.2. The molecule has 2 aromatic rings. The van der Waals surface area contributed by atoms with E-state index >= 15 is 0 Å². The van der Waals surface area contributed by atoms with Crippen LogP contribution in [0.25, 0.3) is 0 Å². The van der Waals surface area contributed by atoms with Crippen LogP contribution in [0.1, 0.15) is 18.4 Å². The first kappa shape index (κ1) is 21.1. The van der Waals surface area contributed by atoms with Gasteiger partial charge in [0.1, 0.15) is 0 Å². The van der Waals surface area contributed by atoms with E-state index in [2.05, 4.69) is 10.2 Å². The molecule has 1 aliphatic rings. The number of rotatable bonds is 8. The molecule has 0 aliphatic carbocycles. The summed E-state index contributed by atoms with van der Waals surface area (Å²) < 4.78 is 0. The molecule has 29 heavy (non-hydrogen) atoms. The molecule has 1 saturated heterocycles. The molecule has 1 aliphatic heterocycles. The number of nitrogens with zero attached hydrogens (tertiary/aromatic N) is 3. The number of nitro benzene ring substituents is 1. The minimum Gasteiger partial charge on any atom is -0.385 e. The highest BCUT2D eigenvalue weighted by Gasteiger charge is 2.20. The summed E-state index contributed by atoms with van der Waals surface area (Å²) >= 11 is 5.93. The van der Waals surface area contributed by atoms with E-state index in [0.717, 1.165) is 49.9 Å². The van der Waals surface area contributed by atoms with Gasteiger partial charge in [0.2, 0.25) is 5.91 Å². The van der Waals surface area contributed by atoms with Crippen LogP contribution in [0.2, 0.25) is 5.02 Å². The van der Waals surface area contributed by atoms with Gasteiger partial charge in [0.15, 0.2) is 0 Å². The van der Waals surface area contributed by atoms with Gasteiger partial charge in [0.25, 0.3) is 5.69 Å². The third-order valence-corrected chi connectivity index (χ3v) is 5.27. The van der Waals surface area contributed by atoms with Crippen molar-refractivity contribution in [3.05, 3.63) is 69.2 Å². The molecule has 154 valence electrons. The van der Waals surface area contributed by atoms with Crippen LogP contribution in [0.4, 0.5) is 11.4 Å². The van der Waals surface area contributed by atoms with Crippen LogP contribution in [0.3, 0.4) is 0 Å². The molecule has 3 rings (SSSR count). The molecule has 0 radical (unpaired) electrons. The van der Waals surface area contributed by atoms with Crippen molar-refractivity contribution in [3.8, 4) is 0 Å². The quantitative estimate of drug-likeness (QED) is 0.402. The van der Waals surface area contributed by atoms with Gasteiger partial charge in [-0.05, 0) is 36.2 Å². The molecular weight excluding hydrogens is 392 g/mol. The third-order valence-electron chi connectivity index (χ3n) is 5.02. The van der Waals surface area contributed by atoms with Crippen LogP contribution in [0, 0.1) is 10.1 Å². The number of halogens is 1. The number of nitro groups is 1. The number of piperazine rings is 1. The second-order valence-electron chi connectivity index (χ2n) is 7.12. The molecule has 8 heteroatoms. The van der Waals surface area contributed by atoms with E-state index in [1.54, 1.807) is 12.1 Å². The van der Waals surface area contributed by atoms with Crippen molar-refractivity contribution >= 4 is 28.9 Å². The largest absolute Gasteiger partial charge is 0.385 e. The van der Waals surface area contributed by atoms with Crippen LogP contribution in [-0.4, -0.2) is 53.4 Å². The maximum absolute atomic E-state index is 12.4. The first-order valence-electron chi connectivity index (χ1n) is 9.74. The average molecular weight is 417 g/mol. The summed E-state index contributed by atoms with van der Waals surface area (Å²) in [6.45, 7) is 4.77. The Morgan fingerprint density at radius 2 is 1.69 bits per heavy atom. The number of hydrogen-bond donors (Lipinski definition) is 1. The molecule has 0 atom stereocenters. The molecule has 1 amide bonds. The van der Waals surface area contributed by atoms with E-state index in [1.807, 2.05) is 29.2 Å². The van der Waals surface area contributed by atoms with Crippen molar-refractivity contribution < 1.29 is 9.72 Å². The monoisotopic (exact) mass is 416 g/mol. The van der Waals surface area contributed by atoms with Crippen molar-refractivity contribution in [2.75, 3.05) is 38.0 Å². The van der Waals surface area contributed by atoms with Gasteiger partial charge < -0.3 is 10.2 Å². The van der Waals surface area contributed by atoms with Crippen molar-refractivity contribution in [2.45, 2.75) is 19.4 Å². The fraction of sp³-hybridized carbons (Fsp3) is 0.381. The maximum Gasteiger partial charge on any atom is 0.269 e. The van der Waals surface area contributed by atoms with Gasteiger partial charge in [-0.3, -0.25) is 19.8 Å². The normalized spacial score (nSPS) is 14.6. The molecule has 1 N–H and O–H groups in total. The number of hydrogen-bond acceptors (Lipinski definition) is 5. The summed E-state index contributed by atoms with van der Waals surface area (Å²) in [5.74, 6) is 0.182. The minimum absolute atomic E-state index is 0.0703. The molecule has 7 nitrogen and oxygen atoms in total. The van der Waals surface area contributed by atoms with Crippen molar-refractivity contribution in [3.63, 3.8) is 0 Å². The topological polar surface area (TPSA) is 78.7 Å². The van der Waals surface area contributed by atoms with E-state index < -0.39 is 4.92 Å². The van der Waals surface area contributed by atoms with Crippen molar-refractivity contribution in [1.82, 2.24) is 9.80 Å². The van der Waals surface area contributed by atoms with Gasteiger partial charge in [-0.15, -0.1) is 0 Å². The van der Waals surface area contributed by atoms with E-state index in [9.17, 15) is 14.9 Å². The zero-order chi connectivity index (χ0) is 20.6. The number of carbonyl (C=O) groups is 1. The molecule has 1 heterocycles. The lowest BCUT2D eigenvalue weighted by Crippen LogP contribution is -2.48. The fourth-order valence-corrected chi connectivity index (χ4v) is 3.46. The van der Waals surface area contributed by atoms with Crippen molar-refractivity contribution in [2.24, 2.45) is 0 Å². The van der Waals surface area contributed by atoms with Crippen molar-refractivity contribution in [1.29, 1.82) is 0 Å². The Bertz CT molecular complexity index is 819. The lowest BCUT2D eigenvalue weighted by atomic mass is 10.2. The maximum atomic E-state index is 12.4. The number of carbonyl (C=O) groups excluding carboxylic acids is 1. The predicted molar refractivity (Wildman–Crippen MR) is 114 cm³/mol. The Balaban J connectivity index is 1.33. The highest BCUT2D eigenvalue weighted by molar-refractivity contribution is 6.30. The molecule has 0 unspecified atom stereocenters. The number of benzene rings is 2. The van der Waals surface area contributed by atoms with Gasteiger partial charge >= 0.3 is 0 Å². The Morgan fingerprint density at radius 1 is 1.03 bits per heavy atom. The third kappa shape index (κ3) is 6.44. The average Bonchev–Trinajstić information content (AvgIpc) is 2.73. The zero-order valence-electron chi connectivity index (χ0n) is 16.2. The Kier molecular flexibility index (Phi) is 7.43. The van der Waals surface area contributed by atoms with E-state index in [0.29, 0.717) is 13.0 Å². The molecule has 0 saturated carbocycles. The minimum atomic E-state index is -0.419. The highest BCUT2D eigenvalue weighted by Crippen LogP contribution is 2.16. The van der Waals surface area contributed by atoms with Gasteiger partial charge in [-0.1, -0.05) is 23.7 Å². The number of non-ortho nitro benzene ring substituents is 1. The second kappa shape index (κ2) is 10.2. The molecular formula is C21H25ClN4O3. The second-order valence-corrected chi connectivity index (χ2v) is 7.55. The smallest absolute Gasteiger partial charge is 0.269 e. The lowest BCUT2D eigenvalue weighted by Gasteiger charge is -2.34. The van der Waals surface area contributed by atoms with Gasteiger partial charge in [-0.25, -0.2) is 0 Å². The molecule has 2 aromatic carbocycles. The summed E-state index contributed by atoms with van der Waals surface area (Å²) in [7, 11) is 0.